The Bertz CT molecular complexity index is 498. The first kappa shape index (κ1) is 12.1. The van der Waals surface area contributed by atoms with Gasteiger partial charge in [0.05, 0.1) is 12.2 Å². The van der Waals surface area contributed by atoms with E-state index in [1.165, 1.54) is 6.07 Å². The zero-order chi connectivity index (χ0) is 11.5. The molecule has 1 heterocycles. The third-order valence-electron chi connectivity index (χ3n) is 2.06. The van der Waals surface area contributed by atoms with Crippen molar-refractivity contribution < 1.29 is 4.39 Å². The summed E-state index contributed by atoms with van der Waals surface area (Å²) in [5.41, 5.74) is 0.517. The number of hydrogen-bond donors (Lipinski definition) is 1. The SMILES string of the molecule is Fc1cc(Br)ccc1NCc1sccc1Br. The molecule has 1 nitrogen and oxygen atoms in total. The van der Waals surface area contributed by atoms with E-state index in [-0.39, 0.29) is 5.82 Å². The van der Waals surface area contributed by atoms with Gasteiger partial charge in [-0.3, -0.25) is 0 Å². The molecule has 0 fully saturated rings. The molecule has 0 bridgehead atoms. The fraction of sp³-hybridized carbons (Fsp3) is 0.0909. The minimum absolute atomic E-state index is 0.248. The fourth-order valence-electron chi connectivity index (χ4n) is 1.26. The van der Waals surface area contributed by atoms with Crippen LogP contribution in [0.3, 0.4) is 0 Å². The maximum Gasteiger partial charge on any atom is 0.147 e. The predicted octanol–water partition coefficient (Wildman–Crippen LogP) is 5.02. The summed E-state index contributed by atoms with van der Waals surface area (Å²) >= 11 is 8.30. The van der Waals surface area contributed by atoms with Gasteiger partial charge < -0.3 is 5.32 Å². The van der Waals surface area contributed by atoms with Crippen molar-refractivity contribution in [1.29, 1.82) is 0 Å². The smallest absolute Gasteiger partial charge is 0.147 e. The lowest BCUT2D eigenvalue weighted by Crippen LogP contribution is -2.00. The van der Waals surface area contributed by atoms with Crippen molar-refractivity contribution in [2.75, 3.05) is 5.32 Å². The molecule has 1 N–H and O–H groups in total. The van der Waals surface area contributed by atoms with E-state index in [2.05, 4.69) is 37.2 Å². The first-order valence-electron chi connectivity index (χ1n) is 4.57. The number of benzene rings is 1. The summed E-state index contributed by atoms with van der Waals surface area (Å²) in [5, 5.41) is 5.07. The molecular formula is C11H8Br2FNS. The molecule has 0 aliphatic heterocycles. The molecule has 0 radical (unpaired) electrons. The van der Waals surface area contributed by atoms with Crippen LogP contribution in [0.1, 0.15) is 4.88 Å². The molecule has 0 atom stereocenters. The summed E-state index contributed by atoms with van der Waals surface area (Å²) in [4.78, 5) is 1.15. The zero-order valence-electron chi connectivity index (χ0n) is 8.14. The molecule has 1 aromatic carbocycles. The lowest BCUT2D eigenvalue weighted by molar-refractivity contribution is 0.629. The normalized spacial score (nSPS) is 10.4. The van der Waals surface area contributed by atoms with Crippen molar-refractivity contribution in [1.82, 2.24) is 0 Å². The van der Waals surface area contributed by atoms with Gasteiger partial charge in [-0.15, -0.1) is 11.3 Å². The third kappa shape index (κ3) is 2.84. The molecule has 2 aromatic rings. The topological polar surface area (TPSA) is 12.0 Å². The molecule has 0 saturated heterocycles. The summed E-state index contributed by atoms with van der Waals surface area (Å²) in [6.07, 6.45) is 0. The molecular weight excluding hydrogens is 357 g/mol. The summed E-state index contributed by atoms with van der Waals surface area (Å²) in [6.45, 7) is 0.622. The van der Waals surface area contributed by atoms with Crippen molar-refractivity contribution in [3.8, 4) is 0 Å². The Morgan fingerprint density at radius 2 is 2.06 bits per heavy atom. The predicted molar refractivity (Wildman–Crippen MR) is 73.4 cm³/mol. The second-order valence-electron chi connectivity index (χ2n) is 3.17. The Kier molecular flexibility index (Phi) is 4.00. The quantitative estimate of drug-likeness (QED) is 0.805. The van der Waals surface area contributed by atoms with Crippen molar-refractivity contribution >= 4 is 48.9 Å². The van der Waals surface area contributed by atoms with E-state index in [4.69, 9.17) is 0 Å². The summed E-state index contributed by atoms with van der Waals surface area (Å²) < 4.78 is 15.3. The van der Waals surface area contributed by atoms with Gasteiger partial charge >= 0.3 is 0 Å². The van der Waals surface area contributed by atoms with Crippen LogP contribution in [0.25, 0.3) is 0 Å². The number of rotatable bonds is 3. The molecule has 0 spiro atoms. The maximum absolute atomic E-state index is 13.5. The highest BCUT2D eigenvalue weighted by Crippen LogP contribution is 2.25. The molecule has 0 unspecified atom stereocenters. The van der Waals surface area contributed by atoms with Crippen LogP contribution in [0.5, 0.6) is 0 Å². The van der Waals surface area contributed by atoms with Gasteiger partial charge in [0.25, 0.3) is 0 Å². The van der Waals surface area contributed by atoms with Crippen molar-refractivity contribution in [3.63, 3.8) is 0 Å². The molecule has 0 amide bonds. The number of anilines is 1. The van der Waals surface area contributed by atoms with E-state index in [0.29, 0.717) is 12.2 Å². The monoisotopic (exact) mass is 363 g/mol. The zero-order valence-corrected chi connectivity index (χ0v) is 12.1. The van der Waals surface area contributed by atoms with Gasteiger partial charge in [0.15, 0.2) is 0 Å². The molecule has 16 heavy (non-hydrogen) atoms. The highest BCUT2D eigenvalue weighted by atomic mass is 79.9. The number of nitrogens with one attached hydrogen (secondary N) is 1. The maximum atomic E-state index is 13.5. The van der Waals surface area contributed by atoms with Crippen LogP contribution in [0, 0.1) is 5.82 Å². The van der Waals surface area contributed by atoms with Crippen molar-refractivity contribution in [2.24, 2.45) is 0 Å². The average Bonchev–Trinajstić information content (AvgIpc) is 2.63. The summed E-state index contributed by atoms with van der Waals surface area (Å²) in [7, 11) is 0. The number of halogens is 3. The minimum atomic E-state index is -0.248. The van der Waals surface area contributed by atoms with Gasteiger partial charge in [-0.05, 0) is 45.6 Å². The molecule has 0 saturated carbocycles. The van der Waals surface area contributed by atoms with Crippen LogP contribution < -0.4 is 5.32 Å². The molecule has 0 aliphatic rings. The number of hydrogen-bond acceptors (Lipinski definition) is 2. The van der Waals surface area contributed by atoms with E-state index in [0.717, 1.165) is 13.8 Å². The lowest BCUT2D eigenvalue weighted by Gasteiger charge is -2.06. The average molecular weight is 365 g/mol. The van der Waals surface area contributed by atoms with Crippen molar-refractivity contribution in [3.05, 3.63) is 49.3 Å². The third-order valence-corrected chi connectivity index (χ3v) is 4.48. The van der Waals surface area contributed by atoms with E-state index in [9.17, 15) is 4.39 Å². The largest absolute Gasteiger partial charge is 0.378 e. The standard InChI is InChI=1S/C11H8Br2FNS/c12-7-1-2-10(9(14)5-7)15-6-11-8(13)3-4-16-11/h1-5,15H,6H2. The second-order valence-corrected chi connectivity index (χ2v) is 5.94. The Morgan fingerprint density at radius 3 is 2.69 bits per heavy atom. The van der Waals surface area contributed by atoms with Gasteiger partial charge in [0.2, 0.25) is 0 Å². The molecule has 2 rings (SSSR count). The van der Waals surface area contributed by atoms with Crippen LogP contribution >= 0.6 is 43.2 Å². The Hall–Kier alpha value is -0.390. The van der Waals surface area contributed by atoms with Crippen LogP contribution in [0.15, 0.2) is 38.6 Å². The van der Waals surface area contributed by atoms with Gasteiger partial charge in [-0.25, -0.2) is 4.39 Å². The Labute approximate surface area is 114 Å². The van der Waals surface area contributed by atoms with Gasteiger partial charge in [-0.2, -0.15) is 0 Å². The molecule has 0 aliphatic carbocycles. The second kappa shape index (κ2) is 5.29. The van der Waals surface area contributed by atoms with Crippen LogP contribution in [0.2, 0.25) is 0 Å². The van der Waals surface area contributed by atoms with Gasteiger partial charge in [0, 0.05) is 13.8 Å². The fourth-order valence-corrected chi connectivity index (χ4v) is 3.02. The summed E-state index contributed by atoms with van der Waals surface area (Å²) in [5.74, 6) is -0.248. The highest BCUT2D eigenvalue weighted by Gasteiger charge is 2.04. The van der Waals surface area contributed by atoms with E-state index in [1.807, 2.05) is 17.5 Å². The van der Waals surface area contributed by atoms with Crippen LogP contribution in [-0.2, 0) is 6.54 Å². The number of thiophene rings is 1. The Morgan fingerprint density at radius 1 is 1.25 bits per heavy atom. The first-order chi connectivity index (χ1) is 7.66. The molecule has 1 aromatic heterocycles. The lowest BCUT2D eigenvalue weighted by atomic mass is 10.3. The summed E-state index contributed by atoms with van der Waals surface area (Å²) in [6, 6.07) is 6.97. The highest BCUT2D eigenvalue weighted by molar-refractivity contribution is 9.10. The van der Waals surface area contributed by atoms with E-state index >= 15 is 0 Å². The Balaban J connectivity index is 2.08. The van der Waals surface area contributed by atoms with E-state index in [1.54, 1.807) is 17.4 Å². The van der Waals surface area contributed by atoms with Gasteiger partial charge in [-0.1, -0.05) is 15.9 Å². The molecule has 84 valence electrons. The van der Waals surface area contributed by atoms with Gasteiger partial charge in [0.1, 0.15) is 5.82 Å². The van der Waals surface area contributed by atoms with Crippen LogP contribution in [-0.4, -0.2) is 0 Å². The molecule has 5 heteroatoms. The van der Waals surface area contributed by atoms with Crippen LogP contribution in [0.4, 0.5) is 10.1 Å². The van der Waals surface area contributed by atoms with Crippen molar-refractivity contribution in [2.45, 2.75) is 6.54 Å². The minimum Gasteiger partial charge on any atom is -0.378 e. The first-order valence-corrected chi connectivity index (χ1v) is 7.04. The van der Waals surface area contributed by atoms with E-state index < -0.39 is 0 Å².